The topological polar surface area (TPSA) is 55.1 Å². The fraction of sp³-hybridized carbons (Fsp3) is 0.258. The molecule has 1 fully saturated rings. The molecule has 40 heavy (non-hydrogen) atoms. The zero-order valence-electron chi connectivity index (χ0n) is 21.8. The van der Waals surface area contributed by atoms with E-state index in [1.807, 2.05) is 25.1 Å². The van der Waals surface area contributed by atoms with Crippen LogP contribution in [-0.2, 0) is 12.7 Å². The monoisotopic (exact) mass is 558 g/mol. The van der Waals surface area contributed by atoms with Crippen molar-refractivity contribution in [1.82, 2.24) is 20.1 Å². The van der Waals surface area contributed by atoms with Gasteiger partial charge in [0.15, 0.2) is 5.58 Å². The first kappa shape index (κ1) is 26.4. The Labute approximate surface area is 233 Å². The van der Waals surface area contributed by atoms with Crippen LogP contribution in [0.2, 0.25) is 0 Å². The van der Waals surface area contributed by atoms with Crippen molar-refractivity contribution < 1.29 is 17.6 Å². The van der Waals surface area contributed by atoms with E-state index in [1.165, 1.54) is 30.3 Å². The minimum absolute atomic E-state index is 0.506. The molecule has 1 saturated heterocycles. The van der Waals surface area contributed by atoms with Gasteiger partial charge in [-0.3, -0.25) is 9.88 Å². The van der Waals surface area contributed by atoms with Crippen LogP contribution >= 0.6 is 11.8 Å². The Bertz CT molecular complexity index is 1760. The van der Waals surface area contributed by atoms with Gasteiger partial charge in [-0.15, -0.1) is 0 Å². The number of alkyl halides is 3. The van der Waals surface area contributed by atoms with Gasteiger partial charge >= 0.3 is 6.18 Å². The van der Waals surface area contributed by atoms with Gasteiger partial charge in [-0.1, -0.05) is 30.0 Å². The number of piperidine rings is 1. The van der Waals surface area contributed by atoms with E-state index in [-0.39, 0.29) is 0 Å². The maximum Gasteiger partial charge on any atom is 0.416 e. The van der Waals surface area contributed by atoms with E-state index < -0.39 is 11.7 Å². The molecule has 0 saturated carbocycles. The number of rotatable bonds is 4. The number of benzene rings is 2. The number of hydrogen-bond donors (Lipinski definition) is 0. The third kappa shape index (κ3) is 5.69. The highest BCUT2D eigenvalue weighted by Crippen LogP contribution is 2.39. The lowest BCUT2D eigenvalue weighted by Gasteiger charge is -2.26. The molecule has 0 aliphatic carbocycles. The summed E-state index contributed by atoms with van der Waals surface area (Å²) in [4.78, 5) is 7.76. The summed E-state index contributed by atoms with van der Waals surface area (Å²) in [5.41, 5.74) is 3.04. The summed E-state index contributed by atoms with van der Waals surface area (Å²) in [5.74, 6) is 6.33. The number of nitrogens with zero attached hydrogens (tertiary/aromatic N) is 4. The number of aromatic nitrogens is 3. The summed E-state index contributed by atoms with van der Waals surface area (Å²) >= 11 is 1.24. The zero-order chi connectivity index (χ0) is 27.7. The Morgan fingerprint density at radius 1 is 0.925 bits per heavy atom. The van der Waals surface area contributed by atoms with Gasteiger partial charge in [0.05, 0.1) is 33.8 Å². The molecule has 4 heterocycles. The van der Waals surface area contributed by atoms with Crippen molar-refractivity contribution in [3.8, 4) is 11.8 Å². The number of aryl methyl sites for hydroxylation is 1. The molecule has 5 aromatic rings. The Morgan fingerprint density at radius 2 is 1.75 bits per heavy atom. The summed E-state index contributed by atoms with van der Waals surface area (Å²) < 4.78 is 47.2. The number of pyridine rings is 1. The molecule has 1 aliphatic heterocycles. The van der Waals surface area contributed by atoms with Crippen molar-refractivity contribution in [3.05, 3.63) is 89.2 Å². The first-order valence-corrected chi connectivity index (χ1v) is 13.8. The third-order valence-corrected chi connectivity index (χ3v) is 8.04. The third-order valence-electron chi connectivity index (χ3n) is 7.03. The van der Waals surface area contributed by atoms with Gasteiger partial charge in [0, 0.05) is 40.2 Å². The van der Waals surface area contributed by atoms with Crippen LogP contribution in [0.5, 0.6) is 0 Å². The second kappa shape index (κ2) is 11.0. The van der Waals surface area contributed by atoms with Crippen LogP contribution in [0.3, 0.4) is 0 Å². The van der Waals surface area contributed by atoms with Gasteiger partial charge in [-0.05, 0) is 74.3 Å². The van der Waals surface area contributed by atoms with Crippen LogP contribution in [0.15, 0.2) is 75.6 Å². The molecule has 0 bridgehead atoms. The molecule has 0 unspecified atom stereocenters. The summed E-state index contributed by atoms with van der Waals surface area (Å²) in [6.07, 6.45) is 7.19. The molecule has 3 aromatic heterocycles. The van der Waals surface area contributed by atoms with Gasteiger partial charge in [0.25, 0.3) is 0 Å². The SMILES string of the molecule is Cc1cc(C#Cc2cncc3c(Sc4cc(CN5CCCCC5)cc(C(F)(F)F)c4)coc23)cc2cnncc12. The van der Waals surface area contributed by atoms with E-state index >= 15 is 0 Å². The summed E-state index contributed by atoms with van der Waals surface area (Å²) in [6, 6.07) is 8.26. The van der Waals surface area contributed by atoms with Crippen LogP contribution in [0.4, 0.5) is 13.2 Å². The maximum atomic E-state index is 13.8. The van der Waals surface area contributed by atoms with E-state index in [0.717, 1.165) is 47.8 Å². The van der Waals surface area contributed by atoms with E-state index in [1.54, 1.807) is 31.1 Å². The van der Waals surface area contributed by atoms with Gasteiger partial charge < -0.3 is 4.42 Å². The molecule has 0 radical (unpaired) electrons. The molecule has 0 spiro atoms. The van der Waals surface area contributed by atoms with Crippen LogP contribution < -0.4 is 0 Å². The molecule has 2 aromatic carbocycles. The second-order valence-electron chi connectivity index (χ2n) is 10.0. The van der Waals surface area contributed by atoms with Crippen molar-refractivity contribution in [3.63, 3.8) is 0 Å². The molecule has 0 N–H and O–H groups in total. The highest BCUT2D eigenvalue weighted by atomic mass is 32.2. The molecule has 202 valence electrons. The molecule has 0 atom stereocenters. The van der Waals surface area contributed by atoms with Gasteiger partial charge in [-0.2, -0.15) is 23.4 Å². The fourth-order valence-corrected chi connectivity index (χ4v) is 6.08. The lowest BCUT2D eigenvalue weighted by molar-refractivity contribution is -0.137. The molecular weight excluding hydrogens is 533 g/mol. The normalized spacial score (nSPS) is 14.4. The van der Waals surface area contributed by atoms with Crippen molar-refractivity contribution >= 4 is 33.5 Å². The second-order valence-corrected chi connectivity index (χ2v) is 11.1. The average Bonchev–Trinajstić information content (AvgIpc) is 3.35. The van der Waals surface area contributed by atoms with Crippen LogP contribution in [-0.4, -0.2) is 33.2 Å². The van der Waals surface area contributed by atoms with Gasteiger partial charge in [-0.25, -0.2) is 0 Å². The van der Waals surface area contributed by atoms with Crippen LogP contribution in [0, 0.1) is 18.8 Å². The molecule has 1 aliphatic rings. The zero-order valence-corrected chi connectivity index (χ0v) is 22.6. The van der Waals surface area contributed by atoms with Crippen molar-refractivity contribution in [2.75, 3.05) is 13.1 Å². The molecule has 9 heteroatoms. The highest BCUT2D eigenvalue weighted by Gasteiger charge is 2.31. The minimum atomic E-state index is -4.43. The number of likely N-dealkylation sites (tertiary alicyclic amines) is 1. The molecule has 5 nitrogen and oxygen atoms in total. The van der Waals surface area contributed by atoms with Crippen LogP contribution in [0.25, 0.3) is 21.7 Å². The Kier molecular flexibility index (Phi) is 7.22. The smallest absolute Gasteiger partial charge is 0.416 e. The minimum Gasteiger partial charge on any atom is -0.462 e. The van der Waals surface area contributed by atoms with E-state index in [2.05, 4.69) is 31.9 Å². The first-order valence-electron chi connectivity index (χ1n) is 13.0. The predicted octanol–water partition coefficient (Wildman–Crippen LogP) is 7.64. The number of furan rings is 1. The average molecular weight is 559 g/mol. The lowest BCUT2D eigenvalue weighted by Crippen LogP contribution is -2.29. The summed E-state index contributed by atoms with van der Waals surface area (Å²) in [6.45, 7) is 4.33. The summed E-state index contributed by atoms with van der Waals surface area (Å²) in [5, 5.41) is 10.6. The molecule has 6 rings (SSSR count). The Balaban J connectivity index is 1.31. The summed E-state index contributed by atoms with van der Waals surface area (Å²) in [7, 11) is 0. The Hall–Kier alpha value is -3.87. The predicted molar refractivity (Wildman–Crippen MR) is 149 cm³/mol. The van der Waals surface area contributed by atoms with Crippen molar-refractivity contribution in [1.29, 1.82) is 0 Å². The van der Waals surface area contributed by atoms with Crippen molar-refractivity contribution in [2.45, 2.75) is 48.7 Å². The maximum absolute atomic E-state index is 13.8. The number of fused-ring (bicyclic) bond motifs is 2. The highest BCUT2D eigenvalue weighted by molar-refractivity contribution is 7.99. The van der Waals surface area contributed by atoms with Crippen LogP contribution in [0.1, 0.15) is 47.1 Å². The quantitative estimate of drug-likeness (QED) is 0.211. The van der Waals surface area contributed by atoms with E-state index in [9.17, 15) is 13.2 Å². The van der Waals surface area contributed by atoms with Gasteiger partial charge in [0.1, 0.15) is 6.26 Å². The number of hydrogen-bond acceptors (Lipinski definition) is 6. The van der Waals surface area contributed by atoms with E-state index in [4.69, 9.17) is 4.42 Å². The molecule has 0 amide bonds. The lowest BCUT2D eigenvalue weighted by atomic mass is 10.0. The fourth-order valence-electron chi connectivity index (χ4n) is 5.08. The van der Waals surface area contributed by atoms with Crippen molar-refractivity contribution in [2.24, 2.45) is 0 Å². The van der Waals surface area contributed by atoms with Gasteiger partial charge in [0.2, 0.25) is 0 Å². The largest absolute Gasteiger partial charge is 0.462 e. The standard InChI is InChI=1S/C31H25F3N4OS/c1-20-9-21(10-24-15-36-37-17-27(20)24)5-6-23-14-35-16-28-29(19-39-30(23)28)40-26-12-22(11-25(13-26)31(32,33)34)18-38-7-3-2-4-8-38/h9-17,19H,2-4,7-8,18H2,1H3. The molecular formula is C31H25F3N4OS. The first-order chi connectivity index (χ1) is 19.3. The van der Waals surface area contributed by atoms with E-state index in [0.29, 0.717) is 38.4 Å². The number of halogens is 3. The Morgan fingerprint density at radius 3 is 2.58 bits per heavy atom.